The average molecular weight is 176 g/mol. The Morgan fingerprint density at radius 1 is 1.38 bits per heavy atom. The largest absolute Gasteiger partial charge is 0.242 e. The van der Waals surface area contributed by atoms with Crippen LogP contribution < -0.4 is 0 Å². The van der Waals surface area contributed by atoms with Crippen molar-refractivity contribution in [2.45, 2.75) is 27.2 Å². The molecule has 1 aromatic rings. The van der Waals surface area contributed by atoms with E-state index in [0.29, 0.717) is 5.41 Å². The summed E-state index contributed by atoms with van der Waals surface area (Å²) in [5, 5.41) is 0. The summed E-state index contributed by atoms with van der Waals surface area (Å²) in [5.41, 5.74) is 0.304. The summed E-state index contributed by atoms with van der Waals surface area (Å²) >= 11 is 0. The Hall–Kier alpha value is -1.18. The van der Waals surface area contributed by atoms with Crippen molar-refractivity contribution in [3.05, 3.63) is 24.4 Å². The van der Waals surface area contributed by atoms with Gasteiger partial charge in [0.05, 0.1) is 0 Å². The molecule has 2 heteroatoms. The van der Waals surface area contributed by atoms with Crippen molar-refractivity contribution >= 4 is 12.0 Å². The second kappa shape index (κ2) is 4.17. The molecule has 0 unspecified atom stereocenters. The molecule has 0 fully saturated rings. The second-order valence-electron chi connectivity index (χ2n) is 4.26. The van der Waals surface area contributed by atoms with E-state index in [1.54, 1.807) is 6.20 Å². The molecule has 2 nitrogen and oxygen atoms in total. The highest BCUT2D eigenvalue weighted by Gasteiger charge is 2.06. The Balaban J connectivity index is 2.51. The van der Waals surface area contributed by atoms with Gasteiger partial charge in [-0.1, -0.05) is 26.8 Å². The van der Waals surface area contributed by atoms with E-state index in [2.05, 4.69) is 30.7 Å². The maximum Gasteiger partial charge on any atom is 0.151 e. The van der Waals surface area contributed by atoms with Crippen LogP contribution >= 0.6 is 0 Å². The van der Waals surface area contributed by atoms with E-state index < -0.39 is 0 Å². The van der Waals surface area contributed by atoms with Gasteiger partial charge in [-0.3, -0.25) is 0 Å². The van der Waals surface area contributed by atoms with Gasteiger partial charge >= 0.3 is 0 Å². The lowest BCUT2D eigenvalue weighted by Crippen LogP contribution is -2.04. The Morgan fingerprint density at radius 2 is 2.15 bits per heavy atom. The van der Waals surface area contributed by atoms with Crippen LogP contribution in [0, 0.1) is 5.41 Å². The Labute approximate surface area is 79.7 Å². The third-order valence-electron chi connectivity index (χ3n) is 1.58. The van der Waals surface area contributed by atoms with Crippen molar-refractivity contribution in [3.63, 3.8) is 0 Å². The number of aliphatic imine (C=N–C) groups is 1. The van der Waals surface area contributed by atoms with E-state index in [-0.39, 0.29) is 0 Å². The fraction of sp³-hybridized carbons (Fsp3) is 0.455. The standard InChI is InChI=1S/C11H16N2/c1-11(2,3)7-9-13-10-6-4-5-8-12-10/h4-6,8-9H,7H2,1-3H3. The molecule has 70 valence electrons. The van der Waals surface area contributed by atoms with Crippen LogP contribution in [-0.2, 0) is 0 Å². The van der Waals surface area contributed by atoms with Crippen LogP contribution in [0.5, 0.6) is 0 Å². The predicted octanol–water partition coefficient (Wildman–Crippen LogP) is 3.22. The molecule has 0 radical (unpaired) electrons. The van der Waals surface area contributed by atoms with Gasteiger partial charge in [-0.2, -0.15) is 0 Å². The maximum absolute atomic E-state index is 4.26. The summed E-state index contributed by atoms with van der Waals surface area (Å²) in [7, 11) is 0. The first-order valence-electron chi connectivity index (χ1n) is 4.51. The number of nitrogens with zero attached hydrogens (tertiary/aromatic N) is 2. The Kier molecular flexibility index (Phi) is 3.18. The molecule has 1 aromatic heterocycles. The van der Waals surface area contributed by atoms with Crippen LogP contribution in [0.2, 0.25) is 0 Å². The van der Waals surface area contributed by atoms with E-state index in [4.69, 9.17) is 0 Å². The van der Waals surface area contributed by atoms with Gasteiger partial charge in [0.1, 0.15) is 0 Å². The molecule has 0 N–H and O–H groups in total. The first kappa shape index (κ1) is 9.90. The number of pyridine rings is 1. The molecular weight excluding hydrogens is 160 g/mol. The molecule has 0 aromatic carbocycles. The fourth-order valence-corrected chi connectivity index (χ4v) is 0.843. The Bertz CT molecular complexity index is 270. The molecule has 13 heavy (non-hydrogen) atoms. The SMILES string of the molecule is CC(C)(C)CC=Nc1ccccn1. The van der Waals surface area contributed by atoms with Gasteiger partial charge in [-0.15, -0.1) is 0 Å². The zero-order valence-corrected chi connectivity index (χ0v) is 8.49. The van der Waals surface area contributed by atoms with Crippen LogP contribution in [0.3, 0.4) is 0 Å². The fourth-order valence-electron chi connectivity index (χ4n) is 0.843. The van der Waals surface area contributed by atoms with Crippen molar-refractivity contribution in [1.29, 1.82) is 0 Å². The Morgan fingerprint density at radius 3 is 2.69 bits per heavy atom. The predicted molar refractivity (Wildman–Crippen MR) is 56.5 cm³/mol. The number of aromatic nitrogens is 1. The lowest BCUT2D eigenvalue weighted by Gasteiger charge is -2.13. The lowest BCUT2D eigenvalue weighted by atomic mass is 9.93. The molecule has 0 saturated heterocycles. The van der Waals surface area contributed by atoms with Gasteiger partial charge in [0.25, 0.3) is 0 Å². The minimum absolute atomic E-state index is 0.304. The van der Waals surface area contributed by atoms with Gasteiger partial charge in [0.2, 0.25) is 0 Å². The number of hydrogen-bond donors (Lipinski definition) is 0. The third kappa shape index (κ3) is 4.41. The first-order valence-corrected chi connectivity index (χ1v) is 4.51. The summed E-state index contributed by atoms with van der Waals surface area (Å²) < 4.78 is 0. The van der Waals surface area contributed by atoms with Crippen LogP contribution in [0.4, 0.5) is 5.82 Å². The number of rotatable bonds is 2. The van der Waals surface area contributed by atoms with Gasteiger partial charge < -0.3 is 0 Å². The minimum Gasteiger partial charge on any atom is -0.242 e. The molecule has 0 aliphatic heterocycles. The molecule has 0 amide bonds. The monoisotopic (exact) mass is 176 g/mol. The van der Waals surface area contributed by atoms with Crippen molar-refractivity contribution in [2.24, 2.45) is 10.4 Å². The highest BCUT2D eigenvalue weighted by Crippen LogP contribution is 2.17. The molecule has 1 rings (SSSR count). The summed E-state index contributed by atoms with van der Waals surface area (Å²) in [6, 6.07) is 5.73. The van der Waals surface area contributed by atoms with E-state index >= 15 is 0 Å². The highest BCUT2D eigenvalue weighted by atomic mass is 14.9. The molecule has 0 bridgehead atoms. The molecular formula is C11H16N2. The molecule has 0 aliphatic rings. The van der Waals surface area contributed by atoms with Gasteiger partial charge in [-0.05, 0) is 24.0 Å². The summed E-state index contributed by atoms with van der Waals surface area (Å²) in [6.45, 7) is 6.58. The van der Waals surface area contributed by atoms with E-state index in [9.17, 15) is 0 Å². The third-order valence-corrected chi connectivity index (χ3v) is 1.58. The molecule has 0 aliphatic carbocycles. The van der Waals surface area contributed by atoms with Gasteiger partial charge in [0, 0.05) is 12.4 Å². The summed E-state index contributed by atoms with van der Waals surface area (Å²) in [4.78, 5) is 8.36. The van der Waals surface area contributed by atoms with Crippen molar-refractivity contribution in [3.8, 4) is 0 Å². The maximum atomic E-state index is 4.26. The molecule has 0 saturated carbocycles. The minimum atomic E-state index is 0.304. The second-order valence-corrected chi connectivity index (χ2v) is 4.26. The van der Waals surface area contributed by atoms with E-state index in [1.807, 2.05) is 24.4 Å². The smallest absolute Gasteiger partial charge is 0.151 e. The van der Waals surface area contributed by atoms with Gasteiger partial charge in [0.15, 0.2) is 5.82 Å². The first-order chi connectivity index (χ1) is 6.08. The topological polar surface area (TPSA) is 25.2 Å². The summed E-state index contributed by atoms with van der Waals surface area (Å²) in [5.74, 6) is 0.784. The van der Waals surface area contributed by atoms with Gasteiger partial charge in [-0.25, -0.2) is 9.98 Å². The average Bonchev–Trinajstić information content (AvgIpc) is 2.04. The van der Waals surface area contributed by atoms with Crippen molar-refractivity contribution < 1.29 is 0 Å². The molecule has 1 heterocycles. The highest BCUT2D eigenvalue weighted by molar-refractivity contribution is 5.62. The van der Waals surface area contributed by atoms with Crippen LogP contribution in [0.1, 0.15) is 27.2 Å². The van der Waals surface area contributed by atoms with E-state index in [1.165, 1.54) is 0 Å². The zero-order valence-electron chi connectivity index (χ0n) is 8.49. The summed E-state index contributed by atoms with van der Waals surface area (Å²) in [6.07, 6.45) is 4.66. The van der Waals surface area contributed by atoms with Crippen molar-refractivity contribution in [1.82, 2.24) is 4.98 Å². The van der Waals surface area contributed by atoms with Crippen molar-refractivity contribution in [2.75, 3.05) is 0 Å². The number of hydrogen-bond acceptors (Lipinski definition) is 2. The van der Waals surface area contributed by atoms with E-state index in [0.717, 1.165) is 12.2 Å². The normalized spacial score (nSPS) is 12.2. The van der Waals surface area contributed by atoms with Crippen LogP contribution in [-0.4, -0.2) is 11.2 Å². The van der Waals surface area contributed by atoms with Crippen LogP contribution in [0.15, 0.2) is 29.4 Å². The lowest BCUT2D eigenvalue weighted by molar-refractivity contribution is 0.437. The molecule has 0 atom stereocenters. The molecule has 0 spiro atoms. The zero-order chi connectivity index (χ0) is 9.73. The van der Waals surface area contributed by atoms with Crippen LogP contribution in [0.25, 0.3) is 0 Å². The quantitative estimate of drug-likeness (QED) is 0.635.